The van der Waals surface area contributed by atoms with Crippen LogP contribution < -0.4 is 0 Å². The molecule has 1 aliphatic rings. The maximum Gasteiger partial charge on any atom is 0.411 e. The van der Waals surface area contributed by atoms with Gasteiger partial charge in [0.25, 0.3) is 0 Å². The highest BCUT2D eigenvalue weighted by atomic mass is 35.5. The van der Waals surface area contributed by atoms with Crippen molar-refractivity contribution >= 4 is 35.1 Å². The number of benzene rings is 1. The number of nitrogens with zero attached hydrogens (tertiary/aromatic N) is 1. The monoisotopic (exact) mass is 357 g/mol. The summed E-state index contributed by atoms with van der Waals surface area (Å²) in [6, 6.07) is 4.20. The van der Waals surface area contributed by atoms with Gasteiger partial charge in [-0.1, -0.05) is 23.2 Å². The number of halogens is 2. The van der Waals surface area contributed by atoms with Crippen LogP contribution in [0.1, 0.15) is 50.9 Å². The second kappa shape index (κ2) is 6.70. The van der Waals surface area contributed by atoms with Gasteiger partial charge in [0.1, 0.15) is 5.60 Å². The molecule has 0 aliphatic carbocycles. The van der Waals surface area contributed by atoms with Crippen LogP contribution in [0.4, 0.5) is 4.79 Å². The molecule has 1 fully saturated rings. The predicted molar refractivity (Wildman–Crippen MR) is 91.3 cm³/mol. The molecular formula is C17H21Cl2NO3. The summed E-state index contributed by atoms with van der Waals surface area (Å²) >= 11 is 11.9. The zero-order valence-corrected chi connectivity index (χ0v) is 15.2. The number of carbonyl (C=O) groups excluding carboxylic acids is 2. The van der Waals surface area contributed by atoms with Crippen molar-refractivity contribution in [1.29, 1.82) is 0 Å². The van der Waals surface area contributed by atoms with Crippen molar-refractivity contribution in [2.45, 2.75) is 58.2 Å². The first-order chi connectivity index (χ1) is 10.6. The highest BCUT2D eigenvalue weighted by Crippen LogP contribution is 2.30. The van der Waals surface area contributed by atoms with Crippen molar-refractivity contribution in [3.8, 4) is 0 Å². The first-order valence-electron chi connectivity index (χ1n) is 7.61. The number of amides is 1. The molecule has 4 nitrogen and oxygen atoms in total. The smallest absolute Gasteiger partial charge is 0.411 e. The van der Waals surface area contributed by atoms with Gasteiger partial charge in [0.2, 0.25) is 0 Å². The van der Waals surface area contributed by atoms with Crippen molar-refractivity contribution in [2.75, 3.05) is 0 Å². The molecule has 0 radical (unpaired) electrons. The Labute approximate surface area is 146 Å². The average molecular weight is 358 g/mol. The fourth-order valence-electron chi connectivity index (χ4n) is 2.71. The van der Waals surface area contributed by atoms with Gasteiger partial charge in [0.15, 0.2) is 5.78 Å². The van der Waals surface area contributed by atoms with Crippen LogP contribution in [0.2, 0.25) is 10.0 Å². The normalized spacial score (nSPS) is 21.4. The summed E-state index contributed by atoms with van der Waals surface area (Å²) in [5, 5.41) is 0.722. The number of likely N-dealkylation sites (tertiary alicyclic amines) is 1. The van der Waals surface area contributed by atoms with Gasteiger partial charge in [-0.2, -0.15) is 0 Å². The van der Waals surface area contributed by atoms with Gasteiger partial charge in [-0.15, -0.1) is 0 Å². The van der Waals surface area contributed by atoms with Crippen molar-refractivity contribution in [3.05, 3.63) is 33.8 Å². The van der Waals surface area contributed by atoms with Crippen LogP contribution >= 0.6 is 23.2 Å². The standard InChI is InChI=1S/C17H21Cl2NO3/c1-10-5-8-14(20(10)16(22)23-17(2,3)4)15(21)11-6-7-12(18)13(19)9-11/h6-7,9-10,14H,5,8H2,1-4H3/t10-,14+/m1/s1. The molecule has 0 aromatic heterocycles. The third-order valence-corrected chi connectivity index (χ3v) is 4.52. The lowest BCUT2D eigenvalue weighted by atomic mass is 10.0. The zero-order chi connectivity index (χ0) is 17.4. The second-order valence-corrected chi connectivity index (χ2v) is 7.64. The molecule has 2 rings (SSSR count). The van der Waals surface area contributed by atoms with Crippen LogP contribution in [-0.2, 0) is 4.74 Å². The summed E-state index contributed by atoms with van der Waals surface area (Å²) in [7, 11) is 0. The van der Waals surface area contributed by atoms with E-state index < -0.39 is 17.7 Å². The van der Waals surface area contributed by atoms with E-state index in [9.17, 15) is 9.59 Å². The topological polar surface area (TPSA) is 46.6 Å². The minimum absolute atomic E-state index is 0.0402. The first kappa shape index (κ1) is 18.1. The minimum atomic E-state index is -0.601. The molecule has 2 atom stereocenters. The van der Waals surface area contributed by atoms with E-state index in [0.717, 1.165) is 6.42 Å². The lowest BCUT2D eigenvalue weighted by Gasteiger charge is -2.30. The summed E-state index contributed by atoms with van der Waals surface area (Å²) in [5.41, 5.74) is -0.150. The van der Waals surface area contributed by atoms with Crippen molar-refractivity contribution in [1.82, 2.24) is 4.90 Å². The van der Waals surface area contributed by atoms with Gasteiger partial charge in [-0.05, 0) is 58.7 Å². The molecule has 0 bridgehead atoms. The van der Waals surface area contributed by atoms with Crippen molar-refractivity contribution < 1.29 is 14.3 Å². The SMILES string of the molecule is C[C@@H]1CC[C@@H](C(=O)c2ccc(Cl)c(Cl)c2)N1C(=O)OC(C)(C)C. The molecule has 0 N–H and O–H groups in total. The number of ketones is 1. The van der Waals surface area contributed by atoms with Gasteiger partial charge in [0.05, 0.1) is 16.1 Å². The summed E-state index contributed by atoms with van der Waals surface area (Å²) in [6.07, 6.45) is 0.914. The molecule has 0 spiro atoms. The summed E-state index contributed by atoms with van der Waals surface area (Å²) in [4.78, 5) is 26.8. The average Bonchev–Trinajstić information content (AvgIpc) is 2.81. The molecule has 1 amide bonds. The molecule has 1 heterocycles. The number of rotatable bonds is 2. The lowest BCUT2D eigenvalue weighted by Crippen LogP contribution is -2.46. The Kier molecular flexibility index (Phi) is 5.27. The van der Waals surface area contributed by atoms with Crippen LogP contribution in [-0.4, -0.2) is 34.5 Å². The highest BCUT2D eigenvalue weighted by molar-refractivity contribution is 6.42. The van der Waals surface area contributed by atoms with Gasteiger partial charge in [-0.25, -0.2) is 4.79 Å². The van der Waals surface area contributed by atoms with Gasteiger partial charge < -0.3 is 4.74 Å². The Morgan fingerprint density at radius 2 is 1.83 bits per heavy atom. The van der Waals surface area contributed by atoms with E-state index in [2.05, 4.69) is 0 Å². The third kappa shape index (κ3) is 4.18. The Bertz CT molecular complexity index is 625. The number of hydrogen-bond donors (Lipinski definition) is 0. The third-order valence-electron chi connectivity index (χ3n) is 3.78. The second-order valence-electron chi connectivity index (χ2n) is 6.82. The molecule has 1 saturated heterocycles. The van der Waals surface area contributed by atoms with Crippen LogP contribution in [0.25, 0.3) is 0 Å². The van der Waals surface area contributed by atoms with Crippen molar-refractivity contribution in [3.63, 3.8) is 0 Å². The number of ether oxygens (including phenoxy) is 1. The Balaban J connectivity index is 2.24. The Hall–Kier alpha value is -1.26. The molecule has 126 valence electrons. The molecular weight excluding hydrogens is 337 g/mol. The minimum Gasteiger partial charge on any atom is -0.444 e. The fourth-order valence-corrected chi connectivity index (χ4v) is 3.00. The highest BCUT2D eigenvalue weighted by Gasteiger charge is 2.41. The molecule has 1 aromatic rings. The van der Waals surface area contributed by atoms with E-state index in [4.69, 9.17) is 27.9 Å². The summed E-state index contributed by atoms with van der Waals surface area (Å²) in [5.74, 6) is -0.140. The lowest BCUT2D eigenvalue weighted by molar-refractivity contribution is 0.0160. The number of carbonyl (C=O) groups is 2. The van der Waals surface area contributed by atoms with Crippen molar-refractivity contribution in [2.24, 2.45) is 0 Å². The maximum absolute atomic E-state index is 12.8. The molecule has 0 unspecified atom stereocenters. The van der Waals surface area contributed by atoms with Crippen LogP contribution in [0.15, 0.2) is 18.2 Å². The quantitative estimate of drug-likeness (QED) is 0.702. The van der Waals surface area contributed by atoms with E-state index in [1.165, 1.54) is 4.90 Å². The maximum atomic E-state index is 12.8. The fraction of sp³-hybridized carbons (Fsp3) is 0.529. The van der Waals surface area contributed by atoms with E-state index >= 15 is 0 Å². The van der Waals surface area contributed by atoms with Crippen LogP contribution in [0.3, 0.4) is 0 Å². The van der Waals surface area contributed by atoms with Crippen LogP contribution in [0.5, 0.6) is 0 Å². The number of hydrogen-bond acceptors (Lipinski definition) is 3. The molecule has 1 aromatic carbocycles. The molecule has 23 heavy (non-hydrogen) atoms. The Morgan fingerprint density at radius 3 is 2.39 bits per heavy atom. The zero-order valence-electron chi connectivity index (χ0n) is 13.7. The molecule has 1 aliphatic heterocycles. The summed E-state index contributed by atoms with van der Waals surface area (Å²) in [6.45, 7) is 7.34. The van der Waals surface area contributed by atoms with Gasteiger partial charge >= 0.3 is 6.09 Å². The molecule has 6 heteroatoms. The van der Waals surface area contributed by atoms with E-state index in [1.807, 2.05) is 6.92 Å². The largest absolute Gasteiger partial charge is 0.444 e. The number of Topliss-reactive ketones (excluding diaryl/α,β-unsaturated/α-hetero) is 1. The molecule has 0 saturated carbocycles. The summed E-state index contributed by atoms with van der Waals surface area (Å²) < 4.78 is 5.44. The van der Waals surface area contributed by atoms with Gasteiger partial charge in [0, 0.05) is 11.6 Å². The predicted octanol–water partition coefficient (Wildman–Crippen LogP) is 4.96. The Morgan fingerprint density at radius 1 is 1.17 bits per heavy atom. The van der Waals surface area contributed by atoms with Gasteiger partial charge in [-0.3, -0.25) is 9.69 Å². The van der Waals surface area contributed by atoms with E-state index in [-0.39, 0.29) is 11.8 Å². The first-order valence-corrected chi connectivity index (χ1v) is 8.36. The van der Waals surface area contributed by atoms with E-state index in [0.29, 0.717) is 22.0 Å². The van der Waals surface area contributed by atoms with E-state index in [1.54, 1.807) is 39.0 Å². The van der Waals surface area contributed by atoms with Crippen LogP contribution in [0, 0.1) is 0 Å².